The van der Waals surface area contributed by atoms with Gasteiger partial charge in [-0.1, -0.05) is 29.0 Å². The number of carbonyl (C=O) groups excluding carboxylic acids is 1. The van der Waals surface area contributed by atoms with E-state index in [0.717, 1.165) is 5.75 Å². The quantitative estimate of drug-likeness (QED) is 0.782. The van der Waals surface area contributed by atoms with Crippen molar-refractivity contribution in [2.45, 2.75) is 13.5 Å². The van der Waals surface area contributed by atoms with Crippen molar-refractivity contribution >= 4 is 22.4 Å². The number of aryl methyl sites for hydroxylation is 1. The number of nitrogens with one attached hydrogen (secondary N) is 1. The molecule has 112 valence electrons. The van der Waals surface area contributed by atoms with Crippen molar-refractivity contribution in [3.8, 4) is 5.75 Å². The van der Waals surface area contributed by atoms with Gasteiger partial charge in [-0.25, -0.2) is 0 Å². The number of aromatic nitrogens is 2. The zero-order valence-electron chi connectivity index (χ0n) is 11.8. The summed E-state index contributed by atoms with van der Waals surface area (Å²) in [5.41, 5.74) is 1.17. The maximum Gasteiger partial charge on any atom is 0.293 e. The molecule has 1 amide bonds. The molecular formula is C15H13N3O3S. The van der Waals surface area contributed by atoms with Gasteiger partial charge in [0.15, 0.2) is 10.8 Å². The van der Waals surface area contributed by atoms with E-state index in [9.17, 15) is 4.79 Å². The molecule has 1 aromatic carbocycles. The number of hydrogen-bond donors (Lipinski definition) is 1. The fraction of sp³-hybridized carbons (Fsp3) is 0.133. The predicted octanol–water partition coefficient (Wildman–Crippen LogP) is 3.27. The van der Waals surface area contributed by atoms with Crippen LogP contribution in [0.2, 0.25) is 0 Å². The van der Waals surface area contributed by atoms with Gasteiger partial charge in [-0.2, -0.15) is 0 Å². The Bertz CT molecular complexity index is 751. The lowest BCUT2D eigenvalue weighted by Crippen LogP contribution is -2.10. The molecule has 0 aliphatic carbocycles. The molecule has 0 spiro atoms. The lowest BCUT2D eigenvalue weighted by molar-refractivity contribution is 0.0996. The second-order valence-electron chi connectivity index (χ2n) is 4.53. The van der Waals surface area contributed by atoms with Crippen LogP contribution in [0.3, 0.4) is 0 Å². The molecule has 0 fully saturated rings. The van der Waals surface area contributed by atoms with Gasteiger partial charge in [0.25, 0.3) is 5.91 Å². The predicted molar refractivity (Wildman–Crippen MR) is 82.1 cm³/mol. The third-order valence-corrected chi connectivity index (χ3v) is 3.63. The van der Waals surface area contributed by atoms with Crippen LogP contribution in [0.25, 0.3) is 0 Å². The Kier molecular flexibility index (Phi) is 4.15. The Balaban J connectivity index is 1.57. The molecule has 0 unspecified atom stereocenters. The normalized spacial score (nSPS) is 10.4. The van der Waals surface area contributed by atoms with Gasteiger partial charge in [0, 0.05) is 0 Å². The van der Waals surface area contributed by atoms with E-state index in [1.165, 1.54) is 23.2 Å². The molecule has 0 aliphatic rings. The fourth-order valence-corrected chi connectivity index (χ4v) is 2.36. The van der Waals surface area contributed by atoms with E-state index >= 15 is 0 Å². The Labute approximate surface area is 130 Å². The molecule has 0 saturated heterocycles. The average molecular weight is 315 g/mol. The van der Waals surface area contributed by atoms with E-state index in [0.29, 0.717) is 16.7 Å². The van der Waals surface area contributed by atoms with Crippen LogP contribution >= 0.6 is 11.3 Å². The van der Waals surface area contributed by atoms with Gasteiger partial charge in [-0.3, -0.25) is 10.1 Å². The summed E-state index contributed by atoms with van der Waals surface area (Å²) in [6.45, 7) is 2.32. The second kappa shape index (κ2) is 6.40. The maximum absolute atomic E-state index is 11.8. The standard InChI is InChI=1S/C15H13N3O3S/c1-10-4-6-11(7-5-10)21-9-13-17-18-15(22-13)16-14(19)12-3-2-8-20-12/h2-8H,9H2,1H3,(H,16,18,19). The first-order chi connectivity index (χ1) is 10.7. The minimum absolute atomic E-state index is 0.229. The molecule has 1 N–H and O–H groups in total. The van der Waals surface area contributed by atoms with E-state index < -0.39 is 0 Å². The molecule has 22 heavy (non-hydrogen) atoms. The van der Waals surface area contributed by atoms with Crippen molar-refractivity contribution in [3.63, 3.8) is 0 Å². The molecule has 0 atom stereocenters. The first-order valence-electron chi connectivity index (χ1n) is 6.57. The molecule has 6 nitrogen and oxygen atoms in total. The Morgan fingerprint density at radius 2 is 2.09 bits per heavy atom. The number of anilines is 1. The van der Waals surface area contributed by atoms with Crippen LogP contribution in [0, 0.1) is 6.92 Å². The minimum atomic E-state index is -0.354. The fourth-order valence-electron chi connectivity index (χ4n) is 1.71. The van der Waals surface area contributed by atoms with Crippen LogP contribution in [-0.4, -0.2) is 16.1 Å². The summed E-state index contributed by atoms with van der Waals surface area (Å²) in [6.07, 6.45) is 1.44. The lowest BCUT2D eigenvalue weighted by atomic mass is 10.2. The number of rotatable bonds is 5. The van der Waals surface area contributed by atoms with Gasteiger partial charge in [-0.05, 0) is 31.2 Å². The molecule has 0 saturated carbocycles. The van der Waals surface area contributed by atoms with Crippen molar-refractivity contribution in [2.24, 2.45) is 0 Å². The van der Waals surface area contributed by atoms with Gasteiger partial charge in [0.2, 0.25) is 5.13 Å². The van der Waals surface area contributed by atoms with Crippen molar-refractivity contribution in [3.05, 3.63) is 59.0 Å². The Hall–Kier alpha value is -2.67. The highest BCUT2D eigenvalue weighted by Crippen LogP contribution is 2.19. The third-order valence-electron chi connectivity index (χ3n) is 2.82. The number of benzene rings is 1. The summed E-state index contributed by atoms with van der Waals surface area (Å²) in [7, 11) is 0. The lowest BCUT2D eigenvalue weighted by Gasteiger charge is -2.03. The van der Waals surface area contributed by atoms with E-state index in [1.54, 1.807) is 12.1 Å². The SMILES string of the molecule is Cc1ccc(OCc2nnc(NC(=O)c3ccco3)s2)cc1. The summed E-state index contributed by atoms with van der Waals surface area (Å²) in [6, 6.07) is 11.0. The molecule has 0 bridgehead atoms. The average Bonchev–Trinajstić information content (AvgIpc) is 3.18. The molecule has 2 heterocycles. The van der Waals surface area contributed by atoms with Gasteiger partial charge >= 0.3 is 0 Å². The summed E-state index contributed by atoms with van der Waals surface area (Å²) in [4.78, 5) is 11.8. The van der Waals surface area contributed by atoms with E-state index in [-0.39, 0.29) is 11.7 Å². The minimum Gasteiger partial charge on any atom is -0.486 e. The highest BCUT2D eigenvalue weighted by Gasteiger charge is 2.12. The van der Waals surface area contributed by atoms with Crippen LogP contribution in [0.4, 0.5) is 5.13 Å². The van der Waals surface area contributed by atoms with Crippen molar-refractivity contribution in [1.29, 1.82) is 0 Å². The Morgan fingerprint density at radius 3 is 2.82 bits per heavy atom. The van der Waals surface area contributed by atoms with Crippen LogP contribution < -0.4 is 10.1 Å². The molecule has 3 aromatic rings. The number of nitrogens with zero attached hydrogens (tertiary/aromatic N) is 2. The molecule has 2 aromatic heterocycles. The second-order valence-corrected chi connectivity index (χ2v) is 5.60. The topological polar surface area (TPSA) is 77.3 Å². The first-order valence-corrected chi connectivity index (χ1v) is 7.39. The maximum atomic E-state index is 11.8. The Morgan fingerprint density at radius 1 is 1.27 bits per heavy atom. The van der Waals surface area contributed by atoms with E-state index in [2.05, 4.69) is 15.5 Å². The zero-order chi connectivity index (χ0) is 15.4. The van der Waals surface area contributed by atoms with E-state index in [4.69, 9.17) is 9.15 Å². The van der Waals surface area contributed by atoms with Crippen molar-refractivity contribution < 1.29 is 13.9 Å². The van der Waals surface area contributed by atoms with Gasteiger partial charge in [0.05, 0.1) is 6.26 Å². The van der Waals surface area contributed by atoms with Crippen molar-refractivity contribution in [2.75, 3.05) is 5.32 Å². The first kappa shape index (κ1) is 14.3. The number of amides is 1. The number of furan rings is 1. The van der Waals surface area contributed by atoms with E-state index in [1.807, 2.05) is 31.2 Å². The van der Waals surface area contributed by atoms with Gasteiger partial charge in [-0.15, -0.1) is 10.2 Å². The number of ether oxygens (including phenoxy) is 1. The van der Waals surface area contributed by atoms with Crippen LogP contribution in [0.15, 0.2) is 47.1 Å². The summed E-state index contributed by atoms with van der Waals surface area (Å²) >= 11 is 1.26. The van der Waals surface area contributed by atoms with Gasteiger partial charge < -0.3 is 9.15 Å². The molecule has 0 aliphatic heterocycles. The highest BCUT2D eigenvalue weighted by molar-refractivity contribution is 7.15. The largest absolute Gasteiger partial charge is 0.486 e. The molecule has 7 heteroatoms. The number of hydrogen-bond acceptors (Lipinski definition) is 6. The van der Waals surface area contributed by atoms with Gasteiger partial charge in [0.1, 0.15) is 12.4 Å². The molecule has 0 radical (unpaired) electrons. The zero-order valence-corrected chi connectivity index (χ0v) is 12.6. The van der Waals surface area contributed by atoms with Crippen molar-refractivity contribution in [1.82, 2.24) is 10.2 Å². The number of carbonyl (C=O) groups is 1. The van der Waals surface area contributed by atoms with Crippen LogP contribution in [-0.2, 0) is 6.61 Å². The highest BCUT2D eigenvalue weighted by atomic mass is 32.1. The monoisotopic (exact) mass is 315 g/mol. The van der Waals surface area contributed by atoms with Crippen LogP contribution in [0.1, 0.15) is 21.1 Å². The summed E-state index contributed by atoms with van der Waals surface area (Å²) in [5, 5.41) is 11.6. The molecule has 3 rings (SSSR count). The smallest absolute Gasteiger partial charge is 0.293 e. The summed E-state index contributed by atoms with van der Waals surface area (Å²) in [5.74, 6) is 0.641. The third kappa shape index (κ3) is 3.50. The van der Waals surface area contributed by atoms with Crippen LogP contribution in [0.5, 0.6) is 5.75 Å². The summed E-state index contributed by atoms with van der Waals surface area (Å²) < 4.78 is 10.6. The molecular weight excluding hydrogens is 302 g/mol.